The number of nitrogens with zero attached hydrogens (tertiary/aromatic N) is 4. The van der Waals surface area contributed by atoms with E-state index in [1.54, 1.807) is 25.1 Å². The van der Waals surface area contributed by atoms with Crippen molar-refractivity contribution in [1.82, 2.24) is 20.2 Å². The summed E-state index contributed by atoms with van der Waals surface area (Å²) in [6.45, 7) is 3.60. The van der Waals surface area contributed by atoms with Crippen molar-refractivity contribution < 1.29 is 17.9 Å². The van der Waals surface area contributed by atoms with Crippen LogP contribution in [-0.2, 0) is 14.8 Å². The summed E-state index contributed by atoms with van der Waals surface area (Å²) in [5.74, 6) is -0.131. The molecule has 9 nitrogen and oxygen atoms in total. The van der Waals surface area contributed by atoms with Crippen molar-refractivity contribution in [2.24, 2.45) is 0 Å². The van der Waals surface area contributed by atoms with Gasteiger partial charge < -0.3 is 4.74 Å². The summed E-state index contributed by atoms with van der Waals surface area (Å²) in [6, 6.07) is 6.36. The Morgan fingerprint density at radius 2 is 2.04 bits per heavy atom. The second kappa shape index (κ2) is 6.84. The van der Waals surface area contributed by atoms with Crippen molar-refractivity contribution in [3.8, 4) is 5.69 Å². The van der Waals surface area contributed by atoms with Crippen LogP contribution in [0.3, 0.4) is 0 Å². The van der Waals surface area contributed by atoms with Crippen molar-refractivity contribution in [2.75, 3.05) is 11.8 Å². The molecule has 2 heterocycles. The van der Waals surface area contributed by atoms with Gasteiger partial charge in [0.15, 0.2) is 5.82 Å². The average Bonchev–Trinajstić information content (AvgIpc) is 3.25. The Balaban J connectivity index is 1.98. The average molecular weight is 393 g/mol. The van der Waals surface area contributed by atoms with E-state index >= 15 is 0 Å². The molecule has 3 aromatic rings. The van der Waals surface area contributed by atoms with Crippen LogP contribution in [-0.4, -0.2) is 41.7 Å². The lowest BCUT2D eigenvalue weighted by atomic mass is 10.2. The van der Waals surface area contributed by atoms with Gasteiger partial charge >= 0.3 is 5.97 Å². The Morgan fingerprint density at radius 1 is 1.27 bits per heavy atom. The fourth-order valence-electron chi connectivity index (χ4n) is 2.32. The van der Waals surface area contributed by atoms with Crippen LogP contribution >= 0.6 is 11.3 Å². The first-order chi connectivity index (χ1) is 12.3. The summed E-state index contributed by atoms with van der Waals surface area (Å²) in [6.07, 6.45) is 0. The zero-order valence-electron chi connectivity index (χ0n) is 14.1. The van der Waals surface area contributed by atoms with Crippen LogP contribution in [0.5, 0.6) is 0 Å². The number of carbonyl (C=O) groups is 1. The van der Waals surface area contributed by atoms with E-state index in [2.05, 4.69) is 25.0 Å². The Hall–Kier alpha value is -2.79. The number of thiophene rings is 1. The molecule has 0 amide bonds. The number of ether oxygens (including phenoxy) is 1. The van der Waals surface area contributed by atoms with Crippen molar-refractivity contribution in [2.45, 2.75) is 18.7 Å². The second-order valence-electron chi connectivity index (χ2n) is 5.35. The summed E-state index contributed by atoms with van der Waals surface area (Å²) in [4.78, 5) is 11.6. The van der Waals surface area contributed by atoms with E-state index in [1.807, 2.05) is 6.92 Å². The number of carbonyl (C=O) groups excluding carboxylic acids is 1. The number of hydrogen-bond donors (Lipinski definition) is 1. The lowest BCUT2D eigenvalue weighted by Gasteiger charge is -2.12. The summed E-state index contributed by atoms with van der Waals surface area (Å²) in [5, 5.41) is 12.9. The number of nitrogens with one attached hydrogen (secondary N) is 1. The molecule has 0 aliphatic heterocycles. The van der Waals surface area contributed by atoms with Crippen molar-refractivity contribution in [3.05, 3.63) is 45.9 Å². The highest BCUT2D eigenvalue weighted by Gasteiger charge is 2.25. The van der Waals surface area contributed by atoms with Crippen molar-refractivity contribution >= 4 is 33.0 Å². The van der Waals surface area contributed by atoms with E-state index in [9.17, 15) is 13.2 Å². The zero-order chi connectivity index (χ0) is 18.9. The van der Waals surface area contributed by atoms with Gasteiger partial charge in [-0.15, -0.1) is 16.4 Å². The molecular weight excluding hydrogens is 378 g/mol. The number of sulfonamides is 1. The largest absolute Gasteiger partial charge is 0.465 e. The standard InChI is InChI=1S/C15H15N5O4S2/c1-9-4-5-11(8-12(9)20-10(2)16-18-19-20)17-26(22,23)13-6-7-25-14(13)15(21)24-3/h4-8,17H,1-3H3. The van der Waals surface area contributed by atoms with Gasteiger partial charge in [-0.05, 0) is 53.4 Å². The number of tetrazole rings is 1. The minimum Gasteiger partial charge on any atom is -0.465 e. The number of aromatic nitrogens is 4. The third kappa shape index (κ3) is 3.30. The fourth-order valence-corrected chi connectivity index (χ4v) is 4.70. The molecule has 11 heteroatoms. The molecule has 26 heavy (non-hydrogen) atoms. The Labute approximate surface area is 153 Å². The zero-order valence-corrected chi connectivity index (χ0v) is 15.8. The molecule has 0 spiro atoms. The quantitative estimate of drug-likeness (QED) is 0.658. The maximum absolute atomic E-state index is 12.7. The molecule has 0 fully saturated rings. The third-order valence-electron chi connectivity index (χ3n) is 3.60. The SMILES string of the molecule is COC(=O)c1sccc1S(=O)(=O)Nc1ccc(C)c(-n2nnnc2C)c1. The predicted octanol–water partition coefficient (Wildman–Crippen LogP) is 1.93. The summed E-state index contributed by atoms with van der Waals surface area (Å²) < 4.78 is 34.0. The molecule has 0 saturated carbocycles. The van der Waals surface area contributed by atoms with Crippen LogP contribution in [0.1, 0.15) is 21.1 Å². The number of rotatable bonds is 5. The maximum Gasteiger partial charge on any atom is 0.349 e. The predicted molar refractivity (Wildman–Crippen MR) is 95.1 cm³/mol. The lowest BCUT2D eigenvalue weighted by molar-refractivity contribution is 0.0602. The topological polar surface area (TPSA) is 116 Å². The first-order valence-corrected chi connectivity index (χ1v) is 9.74. The van der Waals surface area contributed by atoms with E-state index in [0.29, 0.717) is 17.2 Å². The van der Waals surface area contributed by atoms with E-state index in [4.69, 9.17) is 0 Å². The number of methoxy groups -OCH3 is 1. The van der Waals surface area contributed by atoms with Gasteiger partial charge in [-0.2, -0.15) is 4.68 Å². The lowest BCUT2D eigenvalue weighted by Crippen LogP contribution is -2.16. The molecule has 1 N–H and O–H groups in total. The van der Waals surface area contributed by atoms with Crippen LogP contribution in [0.15, 0.2) is 34.5 Å². The van der Waals surface area contributed by atoms with E-state index < -0.39 is 16.0 Å². The Bertz CT molecular complexity index is 1070. The van der Waals surface area contributed by atoms with Crippen LogP contribution in [0.2, 0.25) is 0 Å². The number of aryl methyl sites for hydroxylation is 2. The Morgan fingerprint density at radius 3 is 2.69 bits per heavy atom. The molecule has 0 unspecified atom stereocenters. The molecule has 1 aromatic carbocycles. The van der Waals surface area contributed by atoms with Crippen LogP contribution < -0.4 is 4.72 Å². The number of anilines is 1. The highest BCUT2D eigenvalue weighted by atomic mass is 32.2. The van der Waals surface area contributed by atoms with Crippen molar-refractivity contribution in [1.29, 1.82) is 0 Å². The second-order valence-corrected chi connectivity index (χ2v) is 7.92. The highest BCUT2D eigenvalue weighted by Crippen LogP contribution is 2.26. The molecule has 0 aliphatic carbocycles. The molecule has 2 aromatic heterocycles. The minimum atomic E-state index is -3.97. The maximum atomic E-state index is 12.7. The van der Waals surface area contributed by atoms with Gasteiger partial charge in [-0.25, -0.2) is 13.2 Å². The first kappa shape index (κ1) is 18.0. The van der Waals surface area contributed by atoms with E-state index in [-0.39, 0.29) is 9.77 Å². The molecule has 136 valence electrons. The van der Waals surface area contributed by atoms with Crippen LogP contribution in [0.25, 0.3) is 5.69 Å². The molecule has 0 bridgehead atoms. The Kier molecular flexibility index (Phi) is 4.74. The monoisotopic (exact) mass is 393 g/mol. The number of hydrogen-bond acceptors (Lipinski definition) is 8. The van der Waals surface area contributed by atoms with Gasteiger partial charge in [-0.3, -0.25) is 4.72 Å². The van der Waals surface area contributed by atoms with Crippen LogP contribution in [0, 0.1) is 13.8 Å². The molecule has 0 saturated heterocycles. The van der Waals surface area contributed by atoms with Gasteiger partial charge in [0.05, 0.1) is 18.5 Å². The van der Waals surface area contributed by atoms with E-state index in [1.165, 1.54) is 23.2 Å². The normalized spacial score (nSPS) is 11.3. The number of benzene rings is 1. The molecule has 0 aliphatic rings. The van der Waals surface area contributed by atoms with Crippen molar-refractivity contribution in [3.63, 3.8) is 0 Å². The molecule has 0 atom stereocenters. The smallest absolute Gasteiger partial charge is 0.349 e. The van der Waals surface area contributed by atoms with Gasteiger partial charge in [0.2, 0.25) is 0 Å². The molecular formula is C15H15N5O4S2. The fraction of sp³-hybridized carbons (Fsp3) is 0.200. The number of esters is 1. The van der Waals surface area contributed by atoms with Gasteiger partial charge in [-0.1, -0.05) is 6.07 Å². The first-order valence-electron chi connectivity index (χ1n) is 7.38. The van der Waals surface area contributed by atoms with E-state index in [0.717, 1.165) is 16.9 Å². The van der Waals surface area contributed by atoms with Gasteiger partial charge in [0.1, 0.15) is 9.77 Å². The molecule has 3 rings (SSSR count). The summed E-state index contributed by atoms with van der Waals surface area (Å²) >= 11 is 1.00. The highest BCUT2D eigenvalue weighted by molar-refractivity contribution is 7.93. The van der Waals surface area contributed by atoms with Gasteiger partial charge in [0.25, 0.3) is 10.0 Å². The summed E-state index contributed by atoms with van der Waals surface area (Å²) in [7, 11) is -2.76. The summed E-state index contributed by atoms with van der Waals surface area (Å²) in [5.41, 5.74) is 1.84. The van der Waals surface area contributed by atoms with Gasteiger partial charge in [0, 0.05) is 0 Å². The van der Waals surface area contributed by atoms with Crippen LogP contribution in [0.4, 0.5) is 5.69 Å². The molecule has 0 radical (unpaired) electrons. The minimum absolute atomic E-state index is 0.0173. The third-order valence-corrected chi connectivity index (χ3v) is 6.05.